The summed E-state index contributed by atoms with van der Waals surface area (Å²) >= 11 is 0. The minimum absolute atomic E-state index is 0. The molecule has 0 amide bonds. The van der Waals surface area contributed by atoms with Gasteiger partial charge in [0.15, 0.2) is 11.6 Å². The van der Waals surface area contributed by atoms with E-state index >= 15 is 0 Å². The summed E-state index contributed by atoms with van der Waals surface area (Å²) in [6.07, 6.45) is 0. The average Bonchev–Trinajstić information content (AvgIpc) is 3.06. The van der Waals surface area contributed by atoms with Crippen LogP contribution in [0.3, 0.4) is 0 Å². The van der Waals surface area contributed by atoms with Crippen LogP contribution in [0.5, 0.6) is 11.5 Å². The monoisotopic (exact) mass is 830 g/mol. The quantitative estimate of drug-likeness (QED) is 0.0546. The SMILES string of the molecule is CC(=O)/C(N=Nc1ccc(S(N)(=O)=O)cc1[O-])=C(\[O-])Nc1ccccc1.CC(=O)/C(N=Nc1ccc(S(N)(=O)=O)cc1[O-])=C(\[O-])Nc1ccccc1.[Co+3].[Na+]. The van der Waals surface area contributed by atoms with Crippen molar-refractivity contribution in [3.8, 4) is 11.5 Å². The van der Waals surface area contributed by atoms with Gasteiger partial charge in [-0.3, -0.25) is 9.59 Å². The van der Waals surface area contributed by atoms with Gasteiger partial charge in [-0.2, -0.15) is 10.2 Å². The number of rotatable bonds is 12. The molecule has 0 fully saturated rings. The Morgan fingerprint density at radius 2 is 0.907 bits per heavy atom. The summed E-state index contributed by atoms with van der Waals surface area (Å²) in [5.41, 5.74) is -0.609. The Morgan fingerprint density at radius 3 is 1.17 bits per heavy atom. The van der Waals surface area contributed by atoms with Crippen LogP contribution < -0.4 is 70.9 Å². The number of allylic oxidation sites excluding steroid dienone is 2. The van der Waals surface area contributed by atoms with E-state index in [1.165, 1.54) is 0 Å². The summed E-state index contributed by atoms with van der Waals surface area (Å²) in [5.74, 6) is -4.44. The van der Waals surface area contributed by atoms with Crippen molar-refractivity contribution in [2.24, 2.45) is 30.7 Å². The fourth-order valence-corrected chi connectivity index (χ4v) is 4.75. The fourth-order valence-electron chi connectivity index (χ4n) is 3.69. The van der Waals surface area contributed by atoms with Crippen LogP contribution in [-0.4, -0.2) is 28.4 Å². The predicted octanol–water partition coefficient (Wildman–Crippen LogP) is -1.55. The van der Waals surface area contributed by atoms with Gasteiger partial charge in [-0.25, -0.2) is 27.1 Å². The number of azo groups is 2. The Kier molecular flexibility index (Phi) is 18.3. The van der Waals surface area contributed by atoms with Gasteiger partial charge < -0.3 is 31.1 Å². The van der Waals surface area contributed by atoms with Gasteiger partial charge in [-0.15, -0.1) is 10.2 Å². The molecule has 0 unspecified atom stereocenters. The average molecular weight is 831 g/mol. The van der Waals surface area contributed by atoms with Crippen LogP contribution in [0.1, 0.15) is 13.8 Å². The molecular formula is C32H28CoN8NaO10S2. The van der Waals surface area contributed by atoms with Crippen LogP contribution in [0.25, 0.3) is 0 Å². The van der Waals surface area contributed by atoms with E-state index in [0.29, 0.717) is 11.4 Å². The Hall–Kier alpha value is -4.97. The molecule has 0 spiro atoms. The molecule has 0 aliphatic rings. The van der Waals surface area contributed by atoms with E-state index in [2.05, 4.69) is 31.1 Å². The maximum Gasteiger partial charge on any atom is 3.00 e. The van der Waals surface area contributed by atoms with Gasteiger partial charge in [0.05, 0.1) is 21.2 Å². The summed E-state index contributed by atoms with van der Waals surface area (Å²) in [6.45, 7) is 2.25. The van der Waals surface area contributed by atoms with Crippen LogP contribution in [0, 0.1) is 0 Å². The second-order valence-electron chi connectivity index (χ2n) is 10.2. The summed E-state index contributed by atoms with van der Waals surface area (Å²) in [4.78, 5) is 22.5. The van der Waals surface area contributed by atoms with Crippen molar-refractivity contribution in [3.63, 3.8) is 0 Å². The van der Waals surface area contributed by atoms with Crippen molar-refractivity contribution >= 4 is 54.4 Å². The normalized spacial score (nSPS) is 12.2. The smallest absolute Gasteiger partial charge is 0.871 e. The maximum atomic E-state index is 12.1. The number of hydrogen-bond acceptors (Lipinski definition) is 16. The van der Waals surface area contributed by atoms with Crippen LogP contribution in [-0.2, 0) is 46.4 Å². The third-order valence-electron chi connectivity index (χ3n) is 6.20. The van der Waals surface area contributed by atoms with Crippen molar-refractivity contribution in [2.45, 2.75) is 23.6 Å². The minimum atomic E-state index is -4.03. The molecule has 0 aliphatic carbocycles. The van der Waals surface area contributed by atoms with Crippen molar-refractivity contribution in [3.05, 3.63) is 120 Å². The second-order valence-corrected chi connectivity index (χ2v) is 13.3. The van der Waals surface area contributed by atoms with Gasteiger partial charge in [0.25, 0.3) is 0 Å². The zero-order valence-corrected chi connectivity index (χ0v) is 33.1. The van der Waals surface area contributed by atoms with Crippen molar-refractivity contribution in [1.82, 2.24) is 0 Å². The first-order valence-corrected chi connectivity index (χ1v) is 17.5. The first-order chi connectivity index (χ1) is 24.4. The molecule has 18 nitrogen and oxygen atoms in total. The largest absolute Gasteiger partial charge is 3.00 e. The minimum Gasteiger partial charge on any atom is -0.871 e. The van der Waals surface area contributed by atoms with Gasteiger partial charge in [0.2, 0.25) is 20.0 Å². The Bertz CT molecular complexity index is 2150. The van der Waals surface area contributed by atoms with Crippen LogP contribution in [0.4, 0.5) is 22.7 Å². The molecule has 0 bridgehead atoms. The van der Waals surface area contributed by atoms with Gasteiger partial charge >= 0.3 is 46.3 Å². The summed E-state index contributed by atoms with van der Waals surface area (Å²) < 4.78 is 44.8. The Morgan fingerprint density at radius 1 is 0.593 bits per heavy atom. The third kappa shape index (κ3) is 14.5. The number of primary sulfonamides is 2. The number of sulfonamides is 2. The number of hydrogen-bond donors (Lipinski definition) is 4. The van der Waals surface area contributed by atoms with Gasteiger partial charge in [-0.1, -0.05) is 47.9 Å². The van der Waals surface area contributed by atoms with E-state index in [1.54, 1.807) is 60.7 Å². The molecule has 6 N–H and O–H groups in total. The topological polar surface area (TPSA) is 320 Å². The number of para-hydroxylation sites is 2. The molecular weight excluding hydrogens is 802 g/mol. The van der Waals surface area contributed by atoms with E-state index in [0.717, 1.165) is 50.2 Å². The number of nitrogens with zero attached hydrogens (tertiary/aromatic N) is 4. The van der Waals surface area contributed by atoms with Crippen molar-refractivity contribution < 1.29 is 93.2 Å². The first-order valence-electron chi connectivity index (χ1n) is 14.4. The zero-order valence-electron chi connectivity index (χ0n) is 28.4. The Balaban J connectivity index is 0.000000521. The molecule has 54 heavy (non-hydrogen) atoms. The molecule has 4 rings (SSSR count). The van der Waals surface area contributed by atoms with Gasteiger partial charge in [0, 0.05) is 25.2 Å². The van der Waals surface area contributed by atoms with Crippen molar-refractivity contribution in [1.29, 1.82) is 0 Å². The molecule has 0 aromatic heterocycles. The zero-order chi connectivity index (χ0) is 38.6. The number of nitrogens with two attached hydrogens (primary N) is 2. The predicted molar refractivity (Wildman–Crippen MR) is 179 cm³/mol. The maximum absolute atomic E-state index is 12.1. The number of benzene rings is 4. The molecule has 0 atom stereocenters. The second kappa shape index (κ2) is 21.1. The molecule has 0 heterocycles. The number of ketones is 2. The van der Waals surface area contributed by atoms with Crippen LogP contribution in [0.15, 0.2) is 150 Å². The van der Waals surface area contributed by atoms with E-state index < -0.39 is 66.3 Å². The molecule has 0 aliphatic heterocycles. The van der Waals surface area contributed by atoms with Gasteiger partial charge in [-0.05, 0) is 72.4 Å². The fraction of sp³-hybridized carbons (Fsp3) is 0.0625. The molecule has 0 radical (unpaired) electrons. The molecule has 0 saturated heterocycles. The van der Waals surface area contributed by atoms with Crippen LogP contribution >= 0.6 is 0 Å². The molecule has 4 aromatic rings. The summed E-state index contributed by atoms with van der Waals surface area (Å²) in [5, 5.41) is 77.1. The molecule has 0 saturated carbocycles. The van der Waals surface area contributed by atoms with E-state index in [4.69, 9.17) is 10.3 Å². The van der Waals surface area contributed by atoms with Crippen LogP contribution in [0.2, 0.25) is 0 Å². The van der Waals surface area contributed by atoms with E-state index in [1.807, 2.05) is 0 Å². The first kappa shape index (κ1) is 47.0. The number of nitrogens with one attached hydrogen (secondary N) is 2. The number of anilines is 2. The van der Waals surface area contributed by atoms with E-state index in [9.17, 15) is 46.9 Å². The number of carbonyl (C=O) groups excluding carboxylic acids is 2. The third-order valence-corrected chi connectivity index (χ3v) is 8.02. The van der Waals surface area contributed by atoms with Crippen molar-refractivity contribution in [2.75, 3.05) is 10.6 Å². The number of carbonyl (C=O) groups is 2. The van der Waals surface area contributed by atoms with E-state index in [-0.39, 0.29) is 67.5 Å². The Labute approximate surface area is 342 Å². The summed E-state index contributed by atoms with van der Waals surface area (Å²) in [6, 6.07) is 22.6. The standard InChI is InChI=1S/2C16H16N4O5S.Co.Na/c2*1-10(21)15(16(23)18-11-5-3-2-4-6-11)20-19-13-8-7-12(9-14(13)22)26(17,24)25;;/h2*2-9,18,22-23H,1H3,(H2,17,24,25);;/q;;+3;+1/p-4/b2*16-15+,20-19?;;. The number of Topliss-reactive ketones (excluding diaryl/α,β-unsaturated/α-hetero) is 2. The molecule has 22 heteroatoms. The molecule has 278 valence electrons. The molecule has 4 aromatic carbocycles. The summed E-state index contributed by atoms with van der Waals surface area (Å²) in [7, 11) is -8.06. The van der Waals surface area contributed by atoms with Gasteiger partial charge in [0.1, 0.15) is 11.4 Å².